The number of rotatable bonds is 6. The van der Waals surface area contributed by atoms with Gasteiger partial charge in [-0.05, 0) is 35.9 Å². The number of aromatic nitrogens is 2. The summed E-state index contributed by atoms with van der Waals surface area (Å²) < 4.78 is 14.0. The van der Waals surface area contributed by atoms with E-state index in [1.807, 2.05) is 24.3 Å². The number of nitrogens with zero attached hydrogens (tertiary/aromatic N) is 4. The number of benzene rings is 2. The van der Waals surface area contributed by atoms with Crippen LogP contribution in [0.1, 0.15) is 20.9 Å². The van der Waals surface area contributed by atoms with Crippen molar-refractivity contribution in [3.05, 3.63) is 84.2 Å². The van der Waals surface area contributed by atoms with Gasteiger partial charge >= 0.3 is 5.97 Å². The molecule has 0 N–H and O–H groups in total. The van der Waals surface area contributed by atoms with Crippen molar-refractivity contribution in [1.29, 1.82) is 5.26 Å². The first kappa shape index (κ1) is 25.0. The Kier molecular flexibility index (Phi) is 7.58. The van der Waals surface area contributed by atoms with Gasteiger partial charge < -0.3 is 9.47 Å². The van der Waals surface area contributed by atoms with Crippen molar-refractivity contribution in [3.63, 3.8) is 0 Å². The minimum Gasteiger partial charge on any atom is -0.465 e. The Hall–Kier alpha value is -3.62. The molecular weight excluding hydrogens is 508 g/mol. The summed E-state index contributed by atoms with van der Waals surface area (Å²) in [5.41, 5.74) is 2.28. The fourth-order valence-electron chi connectivity index (χ4n) is 4.13. The molecule has 0 unspecified atom stereocenters. The molecule has 8 nitrogen and oxygen atoms in total. The smallest absolute Gasteiger partial charge is 0.337 e. The third kappa shape index (κ3) is 5.40. The maximum Gasteiger partial charge on any atom is 0.337 e. The van der Waals surface area contributed by atoms with E-state index >= 15 is 0 Å². The van der Waals surface area contributed by atoms with Crippen LogP contribution in [-0.4, -0.2) is 60.4 Å². The Morgan fingerprint density at radius 2 is 1.89 bits per heavy atom. The second-order valence-electron chi connectivity index (χ2n) is 8.41. The molecule has 4 aromatic rings. The summed E-state index contributed by atoms with van der Waals surface area (Å²) in [6.07, 6.45) is 1.79. The van der Waals surface area contributed by atoms with Gasteiger partial charge in [0.05, 0.1) is 40.6 Å². The number of hydrogen-bond acceptors (Lipinski definition) is 9. The van der Waals surface area contributed by atoms with Gasteiger partial charge in [0.1, 0.15) is 21.3 Å². The molecule has 0 spiro atoms. The predicted octanol–water partition coefficient (Wildman–Crippen LogP) is 2.19. The molecule has 0 saturated carbocycles. The average Bonchev–Trinajstić information content (AvgIpc) is 3.49. The lowest BCUT2D eigenvalue weighted by atomic mass is 10.1. The van der Waals surface area contributed by atoms with Crippen molar-refractivity contribution in [2.45, 2.75) is 6.54 Å². The van der Waals surface area contributed by atoms with Gasteiger partial charge in [-0.3, -0.25) is 14.3 Å². The Morgan fingerprint density at radius 1 is 1.14 bits per heavy atom. The number of morpholine rings is 1. The van der Waals surface area contributed by atoms with E-state index in [1.165, 1.54) is 29.8 Å². The third-order valence-electron chi connectivity index (χ3n) is 6.11. The van der Waals surface area contributed by atoms with Crippen LogP contribution in [0.25, 0.3) is 21.9 Å². The molecule has 10 heteroatoms. The molecule has 2 aromatic carbocycles. The topological polar surface area (TPSA) is 97.4 Å². The van der Waals surface area contributed by atoms with Gasteiger partial charge in [-0.2, -0.15) is 5.26 Å². The van der Waals surface area contributed by atoms with Crippen LogP contribution in [0.3, 0.4) is 0 Å². The second kappa shape index (κ2) is 11.2. The lowest BCUT2D eigenvalue weighted by molar-refractivity contribution is 0.0362. The van der Waals surface area contributed by atoms with Crippen molar-refractivity contribution in [2.75, 3.05) is 40.0 Å². The maximum atomic E-state index is 13.6. The Labute approximate surface area is 220 Å². The minimum absolute atomic E-state index is 0.154. The summed E-state index contributed by atoms with van der Waals surface area (Å²) in [4.78, 5) is 32.3. The summed E-state index contributed by atoms with van der Waals surface area (Å²) in [5, 5.41) is 10.8. The van der Waals surface area contributed by atoms with Crippen LogP contribution >= 0.6 is 22.7 Å². The molecule has 3 heterocycles. The Bertz CT molecular complexity index is 1620. The van der Waals surface area contributed by atoms with Crippen LogP contribution in [0.2, 0.25) is 0 Å². The van der Waals surface area contributed by atoms with Crippen molar-refractivity contribution < 1.29 is 14.3 Å². The van der Waals surface area contributed by atoms with Crippen LogP contribution in [0.4, 0.5) is 0 Å². The van der Waals surface area contributed by atoms with Gasteiger partial charge in [-0.25, -0.2) is 9.78 Å². The van der Waals surface area contributed by atoms with Crippen LogP contribution in [0.15, 0.2) is 53.3 Å². The molecule has 1 saturated heterocycles. The fourth-order valence-corrected chi connectivity index (χ4v) is 6.28. The van der Waals surface area contributed by atoms with Gasteiger partial charge in [-0.1, -0.05) is 24.3 Å². The zero-order chi connectivity index (χ0) is 25.8. The number of nitriles is 1. The summed E-state index contributed by atoms with van der Waals surface area (Å²) in [6, 6.07) is 16.9. The molecule has 5 rings (SSSR count). The first-order valence-electron chi connectivity index (χ1n) is 11.8. The molecular formula is C27H24N4O4S2. The number of thiazole rings is 2. The number of methoxy groups -OCH3 is 1. The van der Waals surface area contributed by atoms with Gasteiger partial charge in [0.15, 0.2) is 0 Å². The van der Waals surface area contributed by atoms with E-state index in [0.717, 1.165) is 28.9 Å². The van der Waals surface area contributed by atoms with Crippen LogP contribution < -0.4 is 14.8 Å². The predicted molar refractivity (Wildman–Crippen MR) is 144 cm³/mol. The average molecular weight is 533 g/mol. The molecule has 2 aromatic heterocycles. The lowest BCUT2D eigenvalue weighted by Crippen LogP contribution is -2.41. The number of carbonyl (C=O) groups is 1. The van der Waals surface area contributed by atoms with E-state index in [0.29, 0.717) is 51.6 Å². The molecule has 0 bridgehead atoms. The van der Waals surface area contributed by atoms with Crippen molar-refractivity contribution in [2.24, 2.45) is 0 Å². The molecule has 1 aliphatic heterocycles. The van der Waals surface area contributed by atoms with E-state index in [-0.39, 0.29) is 5.56 Å². The van der Waals surface area contributed by atoms with Crippen LogP contribution in [0.5, 0.6) is 0 Å². The number of para-hydroxylation sites is 1. The number of hydrogen-bond donors (Lipinski definition) is 0. The van der Waals surface area contributed by atoms with Crippen LogP contribution in [0, 0.1) is 11.3 Å². The first-order valence-corrected chi connectivity index (χ1v) is 13.4. The molecule has 1 aliphatic rings. The lowest BCUT2D eigenvalue weighted by Gasteiger charge is -2.26. The quantitative estimate of drug-likeness (QED) is 0.351. The largest absolute Gasteiger partial charge is 0.465 e. The SMILES string of the molecule is COC(=O)c1ccc(C=c2sc(=C(C#N)c3nc4ccccc4s3)n(CCN3CCOCC3)c2=O)cc1. The third-order valence-corrected chi connectivity index (χ3v) is 8.30. The Morgan fingerprint density at radius 3 is 2.59 bits per heavy atom. The molecule has 188 valence electrons. The zero-order valence-electron chi connectivity index (χ0n) is 20.2. The fraction of sp³-hybridized carbons (Fsp3) is 0.259. The van der Waals surface area contributed by atoms with Gasteiger partial charge in [0.25, 0.3) is 5.56 Å². The summed E-state index contributed by atoms with van der Waals surface area (Å²) in [5.74, 6) is -0.417. The molecule has 1 fully saturated rings. The zero-order valence-corrected chi connectivity index (χ0v) is 21.8. The van der Waals surface area contributed by atoms with E-state index < -0.39 is 5.97 Å². The second-order valence-corrected chi connectivity index (χ2v) is 10.5. The van der Waals surface area contributed by atoms with Crippen molar-refractivity contribution >= 4 is 50.5 Å². The van der Waals surface area contributed by atoms with Gasteiger partial charge in [0.2, 0.25) is 0 Å². The highest BCUT2D eigenvalue weighted by Gasteiger charge is 2.17. The van der Waals surface area contributed by atoms with E-state index in [2.05, 4.69) is 16.0 Å². The number of fused-ring (bicyclic) bond motifs is 1. The number of carbonyl (C=O) groups excluding carboxylic acids is 1. The summed E-state index contributed by atoms with van der Waals surface area (Å²) >= 11 is 2.73. The first-order chi connectivity index (χ1) is 18.1. The molecule has 0 amide bonds. The number of esters is 1. The van der Waals surface area contributed by atoms with E-state index in [4.69, 9.17) is 9.47 Å². The monoisotopic (exact) mass is 532 g/mol. The molecule has 0 radical (unpaired) electrons. The molecule has 37 heavy (non-hydrogen) atoms. The van der Waals surface area contributed by atoms with Gasteiger partial charge in [0, 0.05) is 26.2 Å². The van der Waals surface area contributed by atoms with E-state index in [1.54, 1.807) is 34.9 Å². The molecule has 0 atom stereocenters. The van der Waals surface area contributed by atoms with Gasteiger partial charge in [-0.15, -0.1) is 22.7 Å². The van der Waals surface area contributed by atoms with Crippen LogP contribution in [-0.2, 0) is 16.0 Å². The highest BCUT2D eigenvalue weighted by molar-refractivity contribution is 7.19. The van der Waals surface area contributed by atoms with Crippen molar-refractivity contribution in [1.82, 2.24) is 14.5 Å². The highest BCUT2D eigenvalue weighted by Crippen LogP contribution is 2.25. The normalized spacial score (nSPS) is 15.5. The Balaban J connectivity index is 1.62. The van der Waals surface area contributed by atoms with E-state index in [9.17, 15) is 14.9 Å². The summed E-state index contributed by atoms with van der Waals surface area (Å²) in [6.45, 7) is 4.11. The number of ether oxygens (including phenoxy) is 2. The minimum atomic E-state index is -0.417. The molecule has 0 aliphatic carbocycles. The van der Waals surface area contributed by atoms with Crippen molar-refractivity contribution in [3.8, 4) is 6.07 Å². The highest BCUT2D eigenvalue weighted by atomic mass is 32.1. The maximum absolute atomic E-state index is 13.6. The summed E-state index contributed by atoms with van der Waals surface area (Å²) in [7, 11) is 1.34. The standard InChI is InChI=1S/C27H24N4O4S2/c1-34-27(33)19-8-6-18(7-9-19)16-23-25(32)31(11-10-30-12-14-35-15-13-30)26(37-23)20(17-28)24-29-21-4-2-3-5-22(21)36-24/h2-9,16H,10-15H2,1H3.